The molecule has 116 valence electrons. The molecule has 0 atom stereocenters. The maximum Gasteiger partial charge on any atom is 0.317 e. The van der Waals surface area contributed by atoms with Crippen LogP contribution in [-0.2, 0) is 19.0 Å². The number of urea groups is 1. The number of nitrogens with one attached hydrogen (secondary N) is 1. The second-order valence-electron chi connectivity index (χ2n) is 6.11. The van der Waals surface area contributed by atoms with E-state index in [4.69, 9.17) is 0 Å². The van der Waals surface area contributed by atoms with Crippen molar-refractivity contribution in [2.24, 2.45) is 7.05 Å². The van der Waals surface area contributed by atoms with Crippen LogP contribution in [0.2, 0.25) is 0 Å². The van der Waals surface area contributed by atoms with Crippen LogP contribution in [0.25, 0.3) is 0 Å². The molecule has 0 saturated heterocycles. The van der Waals surface area contributed by atoms with Gasteiger partial charge in [0, 0.05) is 32.3 Å². The lowest BCUT2D eigenvalue weighted by atomic mass is 9.95. The second kappa shape index (κ2) is 5.83. The Morgan fingerprint density at radius 3 is 2.64 bits per heavy atom. The maximum atomic E-state index is 12.3. The molecule has 1 aliphatic carbocycles. The van der Waals surface area contributed by atoms with Crippen LogP contribution < -0.4 is 5.32 Å². The highest BCUT2D eigenvalue weighted by Crippen LogP contribution is 2.48. The first-order valence-electron chi connectivity index (χ1n) is 7.62. The average Bonchev–Trinajstić information content (AvgIpc) is 3.20. The molecule has 1 aromatic heterocycles. The van der Waals surface area contributed by atoms with Gasteiger partial charge in [0.25, 0.3) is 0 Å². The van der Waals surface area contributed by atoms with Crippen molar-refractivity contribution in [3.63, 3.8) is 0 Å². The van der Waals surface area contributed by atoms with E-state index in [1.165, 1.54) is 5.56 Å². The summed E-state index contributed by atoms with van der Waals surface area (Å²) in [7, 11) is 3.74. The summed E-state index contributed by atoms with van der Waals surface area (Å²) < 4.78 is 1.77. The fourth-order valence-corrected chi connectivity index (χ4v) is 2.88. The van der Waals surface area contributed by atoms with Crippen LogP contribution in [0.5, 0.6) is 0 Å². The van der Waals surface area contributed by atoms with Crippen LogP contribution in [0.1, 0.15) is 24.1 Å². The molecule has 0 unspecified atom stereocenters. The Labute approximate surface area is 130 Å². The number of carbonyl (C=O) groups is 1. The molecule has 22 heavy (non-hydrogen) atoms. The van der Waals surface area contributed by atoms with E-state index in [0.29, 0.717) is 6.54 Å². The van der Waals surface area contributed by atoms with Crippen molar-refractivity contribution in [3.05, 3.63) is 53.9 Å². The van der Waals surface area contributed by atoms with E-state index in [1.54, 1.807) is 15.8 Å². The van der Waals surface area contributed by atoms with Gasteiger partial charge in [-0.15, -0.1) is 0 Å². The molecular formula is C17H22N4O. The molecule has 0 radical (unpaired) electrons. The monoisotopic (exact) mass is 298 g/mol. The van der Waals surface area contributed by atoms with E-state index in [2.05, 4.69) is 34.7 Å². The number of carbonyl (C=O) groups excluding carboxylic acids is 1. The number of hydrogen-bond acceptors (Lipinski definition) is 2. The van der Waals surface area contributed by atoms with E-state index < -0.39 is 0 Å². The van der Waals surface area contributed by atoms with E-state index in [1.807, 2.05) is 26.2 Å². The Balaban J connectivity index is 1.57. The van der Waals surface area contributed by atoms with Crippen molar-refractivity contribution < 1.29 is 4.79 Å². The third kappa shape index (κ3) is 2.98. The van der Waals surface area contributed by atoms with Gasteiger partial charge in [0.05, 0.1) is 12.2 Å². The van der Waals surface area contributed by atoms with Gasteiger partial charge in [0.15, 0.2) is 0 Å². The molecule has 5 nitrogen and oxygen atoms in total. The van der Waals surface area contributed by atoms with Gasteiger partial charge in [-0.25, -0.2) is 4.79 Å². The number of likely N-dealkylation sites (N-methyl/N-ethyl adjacent to an activating group) is 1. The normalized spacial score (nSPS) is 15.4. The Bertz CT molecular complexity index is 646. The fourth-order valence-electron chi connectivity index (χ4n) is 2.88. The van der Waals surface area contributed by atoms with Crippen molar-refractivity contribution in [2.45, 2.75) is 24.8 Å². The van der Waals surface area contributed by atoms with Crippen LogP contribution in [0.4, 0.5) is 4.79 Å². The zero-order valence-corrected chi connectivity index (χ0v) is 13.1. The minimum Gasteiger partial charge on any atom is -0.332 e. The summed E-state index contributed by atoms with van der Waals surface area (Å²) in [6.45, 7) is 1.26. The lowest BCUT2D eigenvalue weighted by Crippen LogP contribution is -2.41. The molecule has 5 heteroatoms. The third-order valence-electron chi connectivity index (χ3n) is 4.47. The number of nitrogens with zero attached hydrogens (tertiary/aromatic N) is 3. The molecule has 1 heterocycles. The standard InChI is InChI=1S/C17H22N4O/c1-20(16(22)18-12-15-8-11-19-21(15)2)13-17(9-10-17)14-6-4-3-5-7-14/h3-8,11H,9-10,12-13H2,1-2H3,(H,18,22). The lowest BCUT2D eigenvalue weighted by molar-refractivity contribution is 0.203. The molecule has 0 aliphatic heterocycles. The quantitative estimate of drug-likeness (QED) is 0.921. The van der Waals surface area contributed by atoms with Gasteiger partial charge in [0.1, 0.15) is 0 Å². The smallest absolute Gasteiger partial charge is 0.317 e. The first-order chi connectivity index (χ1) is 10.6. The highest BCUT2D eigenvalue weighted by molar-refractivity contribution is 5.74. The van der Waals surface area contributed by atoms with Crippen molar-refractivity contribution in [1.82, 2.24) is 20.0 Å². The zero-order chi connectivity index (χ0) is 15.6. The predicted octanol–water partition coefficient (Wildman–Crippen LogP) is 2.29. The summed E-state index contributed by atoms with van der Waals surface area (Å²) in [6.07, 6.45) is 4.03. The highest BCUT2D eigenvalue weighted by Gasteiger charge is 2.45. The molecule has 2 aromatic rings. The summed E-state index contributed by atoms with van der Waals surface area (Å²) in [6, 6.07) is 12.4. The maximum absolute atomic E-state index is 12.3. The molecule has 2 amide bonds. The lowest BCUT2D eigenvalue weighted by Gasteiger charge is -2.24. The summed E-state index contributed by atoms with van der Waals surface area (Å²) in [5.41, 5.74) is 2.48. The SMILES string of the molecule is CN(CC1(c2ccccc2)CC1)C(=O)NCc1ccnn1C. The molecular weight excluding hydrogens is 276 g/mol. The molecule has 1 saturated carbocycles. The number of rotatable bonds is 5. The van der Waals surface area contributed by atoms with Crippen LogP contribution in [0.15, 0.2) is 42.6 Å². The van der Waals surface area contributed by atoms with Crippen molar-refractivity contribution in [1.29, 1.82) is 0 Å². The third-order valence-corrected chi connectivity index (χ3v) is 4.47. The Morgan fingerprint density at radius 1 is 1.32 bits per heavy atom. The second-order valence-corrected chi connectivity index (χ2v) is 6.11. The highest BCUT2D eigenvalue weighted by atomic mass is 16.2. The summed E-state index contributed by atoms with van der Waals surface area (Å²) >= 11 is 0. The first kappa shape index (κ1) is 14.6. The number of hydrogen-bond donors (Lipinski definition) is 1. The van der Waals surface area contributed by atoms with Gasteiger partial charge in [-0.05, 0) is 24.5 Å². The van der Waals surface area contributed by atoms with Crippen LogP contribution in [0.3, 0.4) is 0 Å². The van der Waals surface area contributed by atoms with Crippen molar-refractivity contribution in [2.75, 3.05) is 13.6 Å². The Hall–Kier alpha value is -2.30. The first-order valence-corrected chi connectivity index (χ1v) is 7.62. The molecule has 1 N–H and O–H groups in total. The van der Waals surface area contributed by atoms with Gasteiger partial charge in [-0.1, -0.05) is 30.3 Å². The van der Waals surface area contributed by atoms with Crippen molar-refractivity contribution >= 4 is 6.03 Å². The van der Waals surface area contributed by atoms with Crippen LogP contribution in [0, 0.1) is 0 Å². The average molecular weight is 298 g/mol. The van der Waals surface area contributed by atoms with Gasteiger partial charge in [0.2, 0.25) is 0 Å². The van der Waals surface area contributed by atoms with E-state index in [-0.39, 0.29) is 11.4 Å². The summed E-state index contributed by atoms with van der Waals surface area (Å²) in [4.78, 5) is 14.1. The topological polar surface area (TPSA) is 50.2 Å². The van der Waals surface area contributed by atoms with E-state index >= 15 is 0 Å². The van der Waals surface area contributed by atoms with Gasteiger partial charge in [-0.3, -0.25) is 4.68 Å². The van der Waals surface area contributed by atoms with Gasteiger partial charge in [-0.2, -0.15) is 5.10 Å². The van der Waals surface area contributed by atoms with Crippen molar-refractivity contribution in [3.8, 4) is 0 Å². The van der Waals surface area contributed by atoms with Gasteiger partial charge < -0.3 is 10.2 Å². The molecule has 0 spiro atoms. The molecule has 1 fully saturated rings. The minimum absolute atomic E-state index is 0.0385. The summed E-state index contributed by atoms with van der Waals surface area (Å²) in [5, 5.41) is 7.05. The minimum atomic E-state index is -0.0385. The van der Waals surface area contributed by atoms with E-state index in [0.717, 1.165) is 25.1 Å². The summed E-state index contributed by atoms with van der Waals surface area (Å²) in [5.74, 6) is 0. The molecule has 0 bridgehead atoms. The molecule has 3 rings (SSSR count). The number of aryl methyl sites for hydroxylation is 1. The Kier molecular flexibility index (Phi) is 3.88. The number of amides is 2. The van der Waals surface area contributed by atoms with Gasteiger partial charge >= 0.3 is 6.03 Å². The molecule has 1 aliphatic rings. The number of aromatic nitrogens is 2. The zero-order valence-electron chi connectivity index (χ0n) is 13.1. The van der Waals surface area contributed by atoms with E-state index in [9.17, 15) is 4.79 Å². The van der Waals surface area contributed by atoms with Crippen LogP contribution in [-0.4, -0.2) is 34.3 Å². The Morgan fingerprint density at radius 2 is 2.05 bits per heavy atom. The predicted molar refractivity (Wildman–Crippen MR) is 85.4 cm³/mol. The molecule has 1 aromatic carbocycles. The fraction of sp³-hybridized carbons (Fsp3) is 0.412. The largest absolute Gasteiger partial charge is 0.332 e. The number of benzene rings is 1. The van der Waals surface area contributed by atoms with Crippen LogP contribution >= 0.6 is 0 Å².